The van der Waals surface area contributed by atoms with E-state index < -0.39 is 18.1 Å². The van der Waals surface area contributed by atoms with E-state index in [0.717, 1.165) is 22.3 Å². The van der Waals surface area contributed by atoms with Crippen molar-refractivity contribution in [1.29, 1.82) is 0 Å². The minimum Gasteiger partial charge on any atom is -0.481 e. The molecule has 2 aliphatic carbocycles. The Kier molecular flexibility index (Phi) is 6.26. The molecule has 7 nitrogen and oxygen atoms in total. The van der Waals surface area contributed by atoms with Crippen LogP contribution in [0.1, 0.15) is 43.7 Å². The zero-order chi connectivity index (χ0) is 24.7. The van der Waals surface area contributed by atoms with Crippen LogP contribution in [0.3, 0.4) is 0 Å². The second-order valence-corrected chi connectivity index (χ2v) is 10.4. The van der Waals surface area contributed by atoms with E-state index in [0.29, 0.717) is 25.9 Å². The zero-order valence-electron chi connectivity index (χ0n) is 20.1. The predicted molar refractivity (Wildman–Crippen MR) is 131 cm³/mol. The fraction of sp³-hybridized carbons (Fsp3) is 0.464. The lowest BCUT2D eigenvalue weighted by molar-refractivity contribution is -0.139. The third kappa shape index (κ3) is 4.51. The minimum absolute atomic E-state index is 0.0272. The minimum atomic E-state index is -0.773. The number of piperidine rings is 1. The maximum absolute atomic E-state index is 13.3. The molecule has 2 N–H and O–H groups in total. The number of nitrogens with zero attached hydrogens (tertiary/aromatic N) is 1. The highest BCUT2D eigenvalue weighted by molar-refractivity contribution is 5.86. The van der Waals surface area contributed by atoms with Crippen LogP contribution in [-0.2, 0) is 14.3 Å². The Morgan fingerprint density at radius 2 is 1.66 bits per heavy atom. The van der Waals surface area contributed by atoms with Crippen molar-refractivity contribution in [3.63, 3.8) is 0 Å². The van der Waals surface area contributed by atoms with Crippen LogP contribution < -0.4 is 5.32 Å². The van der Waals surface area contributed by atoms with Gasteiger partial charge in [0.2, 0.25) is 5.91 Å². The number of likely N-dealkylation sites (tertiary alicyclic amines) is 1. The molecule has 35 heavy (non-hydrogen) atoms. The molecular formula is C28H32N2O5. The summed E-state index contributed by atoms with van der Waals surface area (Å²) in [7, 11) is 0. The molecule has 5 rings (SSSR count). The number of carboxylic acids is 1. The van der Waals surface area contributed by atoms with E-state index in [1.54, 1.807) is 4.90 Å². The number of carbonyl (C=O) groups is 3. The van der Waals surface area contributed by atoms with Crippen molar-refractivity contribution in [2.45, 2.75) is 38.6 Å². The summed E-state index contributed by atoms with van der Waals surface area (Å²) in [6.07, 6.45) is 0.596. The molecule has 0 spiro atoms. The summed E-state index contributed by atoms with van der Waals surface area (Å²) in [6, 6.07) is 15.6. The maximum Gasteiger partial charge on any atom is 0.407 e. The molecule has 1 saturated carbocycles. The van der Waals surface area contributed by atoms with Crippen LogP contribution in [-0.4, -0.2) is 53.7 Å². The normalized spacial score (nSPS) is 23.2. The monoisotopic (exact) mass is 476 g/mol. The second kappa shape index (κ2) is 9.36. The molecule has 184 valence electrons. The van der Waals surface area contributed by atoms with Crippen molar-refractivity contribution in [2.75, 3.05) is 19.7 Å². The second-order valence-electron chi connectivity index (χ2n) is 10.4. The number of hydrogen-bond acceptors (Lipinski definition) is 4. The van der Waals surface area contributed by atoms with Crippen molar-refractivity contribution in [2.24, 2.45) is 23.7 Å². The van der Waals surface area contributed by atoms with E-state index >= 15 is 0 Å². The van der Waals surface area contributed by atoms with Crippen LogP contribution in [0.25, 0.3) is 11.1 Å². The van der Waals surface area contributed by atoms with E-state index in [2.05, 4.69) is 29.6 Å². The average molecular weight is 477 g/mol. The Labute approximate surface area is 205 Å². The molecule has 0 bridgehead atoms. The van der Waals surface area contributed by atoms with E-state index in [1.807, 2.05) is 38.1 Å². The number of amides is 2. The number of nitrogens with one attached hydrogen (secondary N) is 1. The summed E-state index contributed by atoms with van der Waals surface area (Å²) in [4.78, 5) is 39.3. The van der Waals surface area contributed by atoms with E-state index in [4.69, 9.17) is 4.74 Å². The highest BCUT2D eigenvalue weighted by atomic mass is 16.5. The number of hydrogen-bond donors (Lipinski definition) is 2. The van der Waals surface area contributed by atoms with Gasteiger partial charge < -0.3 is 20.1 Å². The number of carbonyl (C=O) groups excluding carboxylic acids is 2. The van der Waals surface area contributed by atoms with Gasteiger partial charge in [-0.3, -0.25) is 9.59 Å². The molecule has 1 heterocycles. The molecule has 1 unspecified atom stereocenters. The lowest BCUT2D eigenvalue weighted by Gasteiger charge is -2.31. The third-order valence-corrected chi connectivity index (χ3v) is 7.73. The third-order valence-electron chi connectivity index (χ3n) is 7.73. The SMILES string of the molecule is CC(C)C[C@H](NC(=O)OCC1c2ccccc2-c2ccccc21)C(=O)N1CC[C@H]2C(C(=O)O)[C@H]2C1. The first-order valence-corrected chi connectivity index (χ1v) is 12.5. The van der Waals surface area contributed by atoms with Gasteiger partial charge in [-0.15, -0.1) is 0 Å². The lowest BCUT2D eigenvalue weighted by Crippen LogP contribution is -2.51. The van der Waals surface area contributed by atoms with E-state index in [1.165, 1.54) is 0 Å². The van der Waals surface area contributed by atoms with Crippen molar-refractivity contribution < 1.29 is 24.2 Å². The van der Waals surface area contributed by atoms with Gasteiger partial charge in [0.15, 0.2) is 0 Å². The number of aliphatic carboxylic acids is 1. The first-order chi connectivity index (χ1) is 16.8. The Balaban J connectivity index is 1.23. The van der Waals surface area contributed by atoms with Gasteiger partial charge in [-0.05, 0) is 52.8 Å². The molecular weight excluding hydrogens is 444 g/mol. The highest BCUT2D eigenvalue weighted by Gasteiger charge is 2.57. The summed E-state index contributed by atoms with van der Waals surface area (Å²) in [5.41, 5.74) is 4.59. The van der Waals surface area contributed by atoms with Crippen LogP contribution in [0.5, 0.6) is 0 Å². The summed E-state index contributed by atoms with van der Waals surface area (Å²) in [5, 5.41) is 12.2. The number of ether oxygens (including phenoxy) is 1. The van der Waals surface area contributed by atoms with Gasteiger partial charge in [-0.2, -0.15) is 0 Å². The topological polar surface area (TPSA) is 95.9 Å². The van der Waals surface area contributed by atoms with Crippen LogP contribution in [0.2, 0.25) is 0 Å². The quantitative estimate of drug-likeness (QED) is 0.627. The van der Waals surface area contributed by atoms with Crippen molar-refractivity contribution in [3.05, 3.63) is 59.7 Å². The van der Waals surface area contributed by atoms with Crippen molar-refractivity contribution >= 4 is 18.0 Å². The molecule has 1 aliphatic heterocycles. The Hall–Kier alpha value is -3.35. The van der Waals surface area contributed by atoms with Gasteiger partial charge >= 0.3 is 12.1 Å². The number of benzene rings is 2. The van der Waals surface area contributed by atoms with Crippen LogP contribution in [0.4, 0.5) is 4.79 Å². The standard InChI is InChI=1S/C28H32N2O5/c1-16(2)13-24(26(31)30-12-11-21-22(14-30)25(21)27(32)33)29-28(34)35-15-23-19-9-5-3-7-17(19)18-8-4-6-10-20(18)23/h3-10,16,21-25H,11-15H2,1-2H3,(H,29,34)(H,32,33)/t21-,22+,24+,25?/m1/s1. The molecule has 2 aromatic carbocycles. The van der Waals surface area contributed by atoms with Crippen molar-refractivity contribution in [3.8, 4) is 11.1 Å². The van der Waals surface area contributed by atoms with E-state index in [9.17, 15) is 19.5 Å². The highest BCUT2D eigenvalue weighted by Crippen LogP contribution is 2.51. The number of carboxylic acid groups (broad SMARTS) is 1. The number of fused-ring (bicyclic) bond motifs is 4. The fourth-order valence-corrected chi connectivity index (χ4v) is 6.00. The molecule has 2 aromatic rings. The summed E-state index contributed by atoms with van der Waals surface area (Å²) in [5.74, 6) is -0.912. The van der Waals surface area contributed by atoms with Gasteiger partial charge in [-0.1, -0.05) is 62.4 Å². The molecule has 3 aliphatic rings. The maximum atomic E-state index is 13.3. The Morgan fingerprint density at radius 3 is 2.26 bits per heavy atom. The van der Waals surface area contributed by atoms with Crippen molar-refractivity contribution in [1.82, 2.24) is 10.2 Å². The van der Waals surface area contributed by atoms with Crippen LogP contribution >= 0.6 is 0 Å². The molecule has 2 fully saturated rings. The van der Waals surface area contributed by atoms with Gasteiger partial charge in [-0.25, -0.2) is 4.79 Å². The molecule has 4 atom stereocenters. The smallest absolute Gasteiger partial charge is 0.407 e. The lowest BCUT2D eigenvalue weighted by atomic mass is 9.98. The molecule has 1 saturated heterocycles. The Bertz CT molecular complexity index is 1100. The van der Waals surface area contributed by atoms with Gasteiger partial charge in [0.1, 0.15) is 12.6 Å². The first-order valence-electron chi connectivity index (χ1n) is 12.5. The van der Waals surface area contributed by atoms with Gasteiger partial charge in [0, 0.05) is 19.0 Å². The summed E-state index contributed by atoms with van der Waals surface area (Å²) >= 11 is 0. The summed E-state index contributed by atoms with van der Waals surface area (Å²) < 4.78 is 5.67. The predicted octanol–water partition coefficient (Wildman–Crippen LogP) is 4.12. The summed E-state index contributed by atoms with van der Waals surface area (Å²) in [6.45, 7) is 5.18. The molecule has 0 aromatic heterocycles. The van der Waals surface area contributed by atoms with Crippen LogP contribution in [0, 0.1) is 23.7 Å². The average Bonchev–Trinajstić information content (AvgIpc) is 3.49. The first kappa shape index (κ1) is 23.4. The number of rotatable bonds is 7. The van der Waals surface area contributed by atoms with Gasteiger partial charge in [0.25, 0.3) is 0 Å². The zero-order valence-corrected chi connectivity index (χ0v) is 20.1. The van der Waals surface area contributed by atoms with E-state index in [-0.39, 0.29) is 42.1 Å². The Morgan fingerprint density at radius 1 is 1.03 bits per heavy atom. The number of alkyl carbamates (subject to hydrolysis) is 1. The van der Waals surface area contributed by atoms with Gasteiger partial charge in [0.05, 0.1) is 5.92 Å². The molecule has 0 radical (unpaired) electrons. The molecule has 7 heteroatoms. The molecule has 2 amide bonds. The van der Waals surface area contributed by atoms with Crippen LogP contribution in [0.15, 0.2) is 48.5 Å². The largest absolute Gasteiger partial charge is 0.481 e. The fourth-order valence-electron chi connectivity index (χ4n) is 6.00.